The Hall–Kier alpha value is -2.73. The van der Waals surface area contributed by atoms with E-state index in [1.807, 2.05) is 18.2 Å². The molecule has 2 aliphatic heterocycles. The fourth-order valence-electron chi connectivity index (χ4n) is 3.26. The summed E-state index contributed by atoms with van der Waals surface area (Å²) in [6.07, 6.45) is 2.27. The SMILES string of the molecule is O=C(CCCc1ccc2c(c1)CC(=O)N2)Nc1cc2c(cc1Cl)OCCO2. The van der Waals surface area contributed by atoms with Crippen LogP contribution in [0.1, 0.15) is 24.0 Å². The van der Waals surface area contributed by atoms with E-state index in [0.717, 1.165) is 23.2 Å². The van der Waals surface area contributed by atoms with Crippen molar-refractivity contribution < 1.29 is 19.1 Å². The third-order valence-electron chi connectivity index (χ3n) is 4.57. The maximum absolute atomic E-state index is 12.3. The Morgan fingerprint density at radius 1 is 1.15 bits per heavy atom. The molecular weight excluding hydrogens is 368 g/mol. The van der Waals surface area contributed by atoms with Crippen molar-refractivity contribution in [1.82, 2.24) is 0 Å². The number of carbonyl (C=O) groups is 2. The summed E-state index contributed by atoms with van der Waals surface area (Å²) in [7, 11) is 0. The van der Waals surface area contributed by atoms with Crippen molar-refractivity contribution in [2.75, 3.05) is 23.8 Å². The van der Waals surface area contributed by atoms with E-state index in [9.17, 15) is 9.59 Å². The first-order valence-corrected chi connectivity index (χ1v) is 9.27. The van der Waals surface area contributed by atoms with E-state index in [1.54, 1.807) is 12.1 Å². The summed E-state index contributed by atoms with van der Waals surface area (Å²) in [6, 6.07) is 9.29. The number of carbonyl (C=O) groups excluding carboxylic acids is 2. The number of fused-ring (bicyclic) bond motifs is 2. The van der Waals surface area contributed by atoms with Crippen LogP contribution in [0.4, 0.5) is 11.4 Å². The zero-order chi connectivity index (χ0) is 18.8. The molecule has 0 radical (unpaired) electrons. The lowest BCUT2D eigenvalue weighted by atomic mass is 10.0. The first kappa shape index (κ1) is 17.7. The zero-order valence-electron chi connectivity index (χ0n) is 14.6. The number of benzene rings is 2. The summed E-state index contributed by atoms with van der Waals surface area (Å²) in [5.41, 5.74) is 3.54. The first-order chi connectivity index (χ1) is 13.1. The fraction of sp³-hybridized carbons (Fsp3) is 0.300. The highest BCUT2D eigenvalue weighted by atomic mass is 35.5. The number of ether oxygens (including phenoxy) is 2. The normalized spacial score (nSPS) is 14.5. The van der Waals surface area contributed by atoms with Crippen molar-refractivity contribution in [3.8, 4) is 11.5 Å². The summed E-state index contributed by atoms with van der Waals surface area (Å²) in [4.78, 5) is 23.7. The largest absolute Gasteiger partial charge is 0.486 e. The number of hydrogen-bond donors (Lipinski definition) is 2. The van der Waals surface area contributed by atoms with E-state index in [0.29, 0.717) is 54.7 Å². The average molecular weight is 387 g/mol. The van der Waals surface area contributed by atoms with E-state index < -0.39 is 0 Å². The predicted octanol–water partition coefficient (Wildman–Crippen LogP) is 3.57. The summed E-state index contributed by atoms with van der Waals surface area (Å²) < 4.78 is 11.0. The van der Waals surface area contributed by atoms with Gasteiger partial charge in [-0.15, -0.1) is 0 Å². The molecule has 2 heterocycles. The first-order valence-electron chi connectivity index (χ1n) is 8.89. The van der Waals surface area contributed by atoms with Gasteiger partial charge in [0.1, 0.15) is 13.2 Å². The molecule has 0 unspecified atom stereocenters. The number of nitrogens with one attached hydrogen (secondary N) is 2. The van der Waals surface area contributed by atoms with Gasteiger partial charge in [-0.05, 0) is 30.0 Å². The van der Waals surface area contributed by atoms with Crippen LogP contribution in [-0.2, 0) is 22.4 Å². The minimum absolute atomic E-state index is 0.0258. The molecule has 0 saturated carbocycles. The molecule has 6 nitrogen and oxygen atoms in total. The van der Waals surface area contributed by atoms with Gasteiger partial charge in [0.2, 0.25) is 11.8 Å². The smallest absolute Gasteiger partial charge is 0.228 e. The van der Waals surface area contributed by atoms with Crippen molar-refractivity contribution in [2.45, 2.75) is 25.7 Å². The van der Waals surface area contributed by atoms with E-state index in [-0.39, 0.29) is 11.8 Å². The van der Waals surface area contributed by atoms with Gasteiger partial charge in [-0.3, -0.25) is 9.59 Å². The second kappa shape index (κ2) is 7.48. The number of halogens is 1. The summed E-state index contributed by atoms with van der Waals surface area (Å²) in [5, 5.41) is 6.07. The molecule has 0 saturated heterocycles. The average Bonchev–Trinajstić information content (AvgIpc) is 3.01. The Labute approximate surface area is 161 Å². The van der Waals surface area contributed by atoms with Gasteiger partial charge in [-0.1, -0.05) is 23.7 Å². The molecule has 2 N–H and O–H groups in total. The van der Waals surface area contributed by atoms with Crippen LogP contribution in [0.15, 0.2) is 30.3 Å². The van der Waals surface area contributed by atoms with Crippen LogP contribution in [0.2, 0.25) is 5.02 Å². The third-order valence-corrected chi connectivity index (χ3v) is 4.88. The van der Waals surface area contributed by atoms with Gasteiger partial charge in [-0.25, -0.2) is 0 Å². The van der Waals surface area contributed by atoms with Gasteiger partial charge in [0, 0.05) is 24.2 Å². The highest BCUT2D eigenvalue weighted by Gasteiger charge is 2.18. The van der Waals surface area contributed by atoms with Crippen molar-refractivity contribution in [3.05, 3.63) is 46.5 Å². The number of hydrogen-bond acceptors (Lipinski definition) is 4. The molecule has 140 valence electrons. The third kappa shape index (κ3) is 4.01. The number of anilines is 2. The van der Waals surface area contributed by atoms with E-state index >= 15 is 0 Å². The monoisotopic (exact) mass is 386 g/mol. The lowest BCUT2D eigenvalue weighted by Gasteiger charge is -2.20. The number of rotatable bonds is 5. The number of amides is 2. The maximum atomic E-state index is 12.3. The van der Waals surface area contributed by atoms with Crippen LogP contribution < -0.4 is 20.1 Å². The Morgan fingerprint density at radius 3 is 2.74 bits per heavy atom. The lowest BCUT2D eigenvalue weighted by molar-refractivity contribution is -0.116. The summed E-state index contributed by atoms with van der Waals surface area (Å²) in [5.74, 6) is 1.10. The van der Waals surface area contributed by atoms with E-state index in [2.05, 4.69) is 10.6 Å². The summed E-state index contributed by atoms with van der Waals surface area (Å²) >= 11 is 6.22. The second-order valence-electron chi connectivity index (χ2n) is 6.59. The zero-order valence-corrected chi connectivity index (χ0v) is 15.4. The van der Waals surface area contributed by atoms with Crippen molar-refractivity contribution in [1.29, 1.82) is 0 Å². The van der Waals surface area contributed by atoms with Crippen molar-refractivity contribution in [3.63, 3.8) is 0 Å². The van der Waals surface area contributed by atoms with Crippen molar-refractivity contribution in [2.24, 2.45) is 0 Å². The second-order valence-corrected chi connectivity index (χ2v) is 7.00. The molecule has 27 heavy (non-hydrogen) atoms. The molecule has 0 aromatic heterocycles. The predicted molar refractivity (Wildman–Crippen MR) is 103 cm³/mol. The fourth-order valence-corrected chi connectivity index (χ4v) is 3.46. The molecule has 0 bridgehead atoms. The molecule has 2 aliphatic rings. The quantitative estimate of drug-likeness (QED) is 0.823. The molecule has 0 aliphatic carbocycles. The van der Waals surface area contributed by atoms with Gasteiger partial charge >= 0.3 is 0 Å². The standard InChI is InChI=1S/C20H19ClN2O4/c21-14-10-17-18(27-7-6-26-17)11-16(14)23-19(24)3-1-2-12-4-5-15-13(8-12)9-20(25)22-15/h4-5,8,10-11H,1-3,6-7,9H2,(H,22,25)(H,23,24). The Balaban J connectivity index is 1.31. The molecule has 0 fully saturated rings. The van der Waals surface area contributed by atoms with Crippen LogP contribution in [0.3, 0.4) is 0 Å². The van der Waals surface area contributed by atoms with Gasteiger partial charge in [0.05, 0.1) is 17.1 Å². The van der Waals surface area contributed by atoms with Crippen LogP contribution in [0, 0.1) is 0 Å². The molecule has 0 atom stereocenters. The van der Waals surface area contributed by atoms with Gasteiger partial charge in [0.15, 0.2) is 11.5 Å². The Bertz CT molecular complexity index is 913. The Morgan fingerprint density at radius 2 is 1.93 bits per heavy atom. The molecule has 0 spiro atoms. The van der Waals surface area contributed by atoms with E-state index in [4.69, 9.17) is 21.1 Å². The maximum Gasteiger partial charge on any atom is 0.228 e. The van der Waals surface area contributed by atoms with Gasteiger partial charge in [-0.2, -0.15) is 0 Å². The Kier molecular flexibility index (Phi) is 4.90. The van der Waals surface area contributed by atoms with Crippen molar-refractivity contribution >= 4 is 34.8 Å². The minimum atomic E-state index is -0.105. The van der Waals surface area contributed by atoms with Crippen LogP contribution in [0.25, 0.3) is 0 Å². The molecular formula is C20H19ClN2O4. The molecule has 4 rings (SSSR count). The van der Waals surface area contributed by atoms with Crippen LogP contribution in [-0.4, -0.2) is 25.0 Å². The number of aryl methyl sites for hydroxylation is 1. The highest BCUT2D eigenvalue weighted by Crippen LogP contribution is 2.38. The van der Waals surface area contributed by atoms with Gasteiger partial charge in [0.25, 0.3) is 0 Å². The molecule has 2 aromatic carbocycles. The van der Waals surface area contributed by atoms with Gasteiger partial charge < -0.3 is 20.1 Å². The minimum Gasteiger partial charge on any atom is -0.486 e. The molecule has 2 aromatic rings. The van der Waals surface area contributed by atoms with Crippen LogP contribution >= 0.6 is 11.6 Å². The van der Waals surface area contributed by atoms with Crippen LogP contribution in [0.5, 0.6) is 11.5 Å². The van der Waals surface area contributed by atoms with E-state index in [1.165, 1.54) is 0 Å². The topological polar surface area (TPSA) is 76.7 Å². The highest BCUT2D eigenvalue weighted by molar-refractivity contribution is 6.34. The molecule has 2 amide bonds. The molecule has 7 heteroatoms. The summed E-state index contributed by atoms with van der Waals surface area (Å²) in [6.45, 7) is 0.964. The lowest BCUT2D eigenvalue weighted by Crippen LogP contribution is -2.16.